The first-order valence-corrected chi connectivity index (χ1v) is 9.65. The van der Waals surface area contributed by atoms with E-state index in [1.165, 1.54) is 11.8 Å². The second kappa shape index (κ2) is 6.80. The summed E-state index contributed by atoms with van der Waals surface area (Å²) in [4.78, 5) is 19.4. The average molecular weight is 358 g/mol. The lowest BCUT2D eigenvalue weighted by molar-refractivity contribution is 0.0775. The predicted molar refractivity (Wildman–Crippen MR) is 95.1 cm³/mol. The number of pyridine rings is 1. The number of likely N-dealkylation sites (tertiary alicyclic amines) is 1. The third-order valence-electron chi connectivity index (χ3n) is 5.23. The van der Waals surface area contributed by atoms with Gasteiger partial charge in [0.15, 0.2) is 0 Å². The third kappa shape index (κ3) is 3.30. The van der Waals surface area contributed by atoms with Crippen molar-refractivity contribution in [1.29, 1.82) is 0 Å². The van der Waals surface area contributed by atoms with Gasteiger partial charge >= 0.3 is 0 Å². The van der Waals surface area contributed by atoms with Gasteiger partial charge in [-0.05, 0) is 43.7 Å². The van der Waals surface area contributed by atoms with Gasteiger partial charge in [-0.1, -0.05) is 16.9 Å². The van der Waals surface area contributed by atoms with Crippen LogP contribution in [0.25, 0.3) is 0 Å². The van der Waals surface area contributed by atoms with E-state index in [-0.39, 0.29) is 11.9 Å². The Morgan fingerprint density at radius 1 is 1.44 bits per heavy atom. The highest BCUT2D eigenvalue weighted by Crippen LogP contribution is 2.38. The lowest BCUT2D eigenvalue weighted by Gasteiger charge is -2.19. The maximum Gasteiger partial charge on any atom is 0.256 e. The van der Waals surface area contributed by atoms with Crippen molar-refractivity contribution in [2.24, 2.45) is 17.6 Å². The molecule has 2 aliphatic rings. The highest BCUT2D eigenvalue weighted by Gasteiger charge is 2.42. The molecule has 0 bridgehead atoms. The molecule has 2 fully saturated rings. The minimum atomic E-state index is 0.0635. The van der Waals surface area contributed by atoms with E-state index in [9.17, 15) is 4.79 Å². The molecule has 1 amide bonds. The average Bonchev–Trinajstić information content (AvgIpc) is 3.31. The Hall–Kier alpha value is -1.86. The van der Waals surface area contributed by atoms with Gasteiger partial charge < -0.3 is 15.2 Å². The number of aromatic nitrogens is 2. The number of nitrogens with zero attached hydrogens (tertiary/aromatic N) is 3. The second-order valence-electron chi connectivity index (χ2n) is 6.95. The number of carbonyl (C=O) groups excluding carboxylic acids is 1. The summed E-state index contributed by atoms with van der Waals surface area (Å²) >= 11 is 1.52. The van der Waals surface area contributed by atoms with Gasteiger partial charge in [0, 0.05) is 37.1 Å². The quantitative estimate of drug-likeness (QED) is 0.845. The molecule has 132 valence electrons. The molecule has 7 heteroatoms. The molecule has 3 heterocycles. The van der Waals surface area contributed by atoms with Gasteiger partial charge in [-0.25, -0.2) is 4.98 Å². The van der Waals surface area contributed by atoms with E-state index in [1.807, 2.05) is 30.0 Å². The van der Waals surface area contributed by atoms with Gasteiger partial charge in [-0.3, -0.25) is 4.79 Å². The van der Waals surface area contributed by atoms with E-state index < -0.39 is 0 Å². The van der Waals surface area contributed by atoms with E-state index in [2.05, 4.69) is 10.1 Å². The Morgan fingerprint density at radius 3 is 3.08 bits per heavy atom. The molecule has 2 aromatic rings. The van der Waals surface area contributed by atoms with Crippen LogP contribution in [0, 0.1) is 18.8 Å². The zero-order valence-corrected chi connectivity index (χ0v) is 15.0. The van der Waals surface area contributed by atoms with Crippen LogP contribution in [0.15, 0.2) is 33.9 Å². The molecule has 3 unspecified atom stereocenters. The zero-order valence-electron chi connectivity index (χ0n) is 14.2. The fourth-order valence-electron chi connectivity index (χ4n) is 3.94. The van der Waals surface area contributed by atoms with Crippen molar-refractivity contribution < 1.29 is 9.32 Å². The third-order valence-corrected chi connectivity index (χ3v) is 6.27. The lowest BCUT2D eigenvalue weighted by Crippen LogP contribution is -2.33. The van der Waals surface area contributed by atoms with Crippen molar-refractivity contribution in [3.63, 3.8) is 0 Å². The maximum atomic E-state index is 13.0. The van der Waals surface area contributed by atoms with Crippen LogP contribution in [0.5, 0.6) is 0 Å². The van der Waals surface area contributed by atoms with Gasteiger partial charge in [0.2, 0.25) is 0 Å². The number of carbonyl (C=O) groups is 1. The van der Waals surface area contributed by atoms with Crippen molar-refractivity contribution in [2.45, 2.75) is 36.6 Å². The highest BCUT2D eigenvalue weighted by molar-refractivity contribution is 7.98. The zero-order chi connectivity index (χ0) is 17.4. The molecule has 0 aromatic carbocycles. The minimum absolute atomic E-state index is 0.0635. The standard InChI is InChI=1S/C18H22N4O2S/c1-11-7-13(21-24-11)10-25-17-14(3-2-6-20-17)18(23)22-8-12-4-5-16(19)15(12)9-22/h2-3,6-7,12,15-16H,4-5,8-10,19H2,1H3. The van der Waals surface area contributed by atoms with E-state index in [4.69, 9.17) is 10.3 Å². The van der Waals surface area contributed by atoms with Crippen molar-refractivity contribution in [1.82, 2.24) is 15.0 Å². The summed E-state index contributed by atoms with van der Waals surface area (Å²) in [5.74, 6) is 2.49. The van der Waals surface area contributed by atoms with Crippen LogP contribution >= 0.6 is 11.8 Å². The largest absolute Gasteiger partial charge is 0.361 e. The lowest BCUT2D eigenvalue weighted by atomic mass is 9.98. The van der Waals surface area contributed by atoms with Crippen molar-refractivity contribution in [3.05, 3.63) is 41.4 Å². The normalized spacial score (nSPS) is 25.4. The topological polar surface area (TPSA) is 85.2 Å². The fraction of sp³-hybridized carbons (Fsp3) is 0.500. The van der Waals surface area contributed by atoms with Gasteiger partial charge in [0.05, 0.1) is 11.3 Å². The fourth-order valence-corrected chi connectivity index (χ4v) is 4.81. The Bertz CT molecular complexity index is 778. The molecule has 4 rings (SSSR count). The van der Waals surface area contributed by atoms with E-state index >= 15 is 0 Å². The summed E-state index contributed by atoms with van der Waals surface area (Å²) in [6, 6.07) is 5.82. The second-order valence-corrected chi connectivity index (χ2v) is 7.91. The summed E-state index contributed by atoms with van der Waals surface area (Å²) < 4.78 is 5.09. The summed E-state index contributed by atoms with van der Waals surface area (Å²) in [6.45, 7) is 3.46. The van der Waals surface area contributed by atoms with Gasteiger partial charge in [-0.15, -0.1) is 0 Å². The predicted octanol–water partition coefficient (Wildman–Crippen LogP) is 2.48. The molecule has 1 saturated carbocycles. The Labute approximate surface area is 151 Å². The molecule has 25 heavy (non-hydrogen) atoms. The SMILES string of the molecule is Cc1cc(CSc2ncccc2C(=O)N2CC3CCC(N)C3C2)no1. The number of rotatable bonds is 4. The highest BCUT2D eigenvalue weighted by atomic mass is 32.2. The van der Waals surface area contributed by atoms with E-state index in [1.54, 1.807) is 6.20 Å². The van der Waals surface area contributed by atoms with Crippen LogP contribution in [0.2, 0.25) is 0 Å². The first-order chi connectivity index (χ1) is 12.1. The molecule has 1 aliphatic carbocycles. The van der Waals surface area contributed by atoms with Crippen LogP contribution in [0.1, 0.15) is 34.7 Å². The first kappa shape index (κ1) is 16.6. The minimum Gasteiger partial charge on any atom is -0.361 e. The Balaban J connectivity index is 1.47. The molecule has 6 nitrogen and oxygen atoms in total. The van der Waals surface area contributed by atoms with Crippen LogP contribution in [-0.2, 0) is 5.75 Å². The van der Waals surface area contributed by atoms with Crippen molar-refractivity contribution >= 4 is 17.7 Å². The number of amides is 1. The molecule has 3 atom stereocenters. The molecule has 0 radical (unpaired) electrons. The molecular formula is C18H22N4O2S. The van der Waals surface area contributed by atoms with Gasteiger partial charge in [-0.2, -0.15) is 0 Å². The number of hydrogen-bond donors (Lipinski definition) is 1. The number of hydrogen-bond acceptors (Lipinski definition) is 6. The van der Waals surface area contributed by atoms with E-state index in [0.717, 1.165) is 42.4 Å². The van der Waals surface area contributed by atoms with Gasteiger partial charge in [0.1, 0.15) is 10.8 Å². The number of thioether (sulfide) groups is 1. The summed E-state index contributed by atoms with van der Waals surface area (Å²) in [5, 5.41) is 4.74. The van der Waals surface area contributed by atoms with E-state index in [0.29, 0.717) is 23.2 Å². The summed E-state index contributed by atoms with van der Waals surface area (Å²) in [5.41, 5.74) is 7.72. The molecule has 2 N–H and O–H groups in total. The van der Waals surface area contributed by atoms with Crippen molar-refractivity contribution in [3.8, 4) is 0 Å². The van der Waals surface area contributed by atoms with Crippen LogP contribution in [-0.4, -0.2) is 40.1 Å². The molecular weight excluding hydrogens is 336 g/mol. The molecule has 2 aromatic heterocycles. The Kier molecular flexibility index (Phi) is 4.52. The van der Waals surface area contributed by atoms with Crippen LogP contribution in [0.4, 0.5) is 0 Å². The van der Waals surface area contributed by atoms with Crippen LogP contribution < -0.4 is 5.73 Å². The maximum absolute atomic E-state index is 13.0. The summed E-state index contributed by atoms with van der Waals surface area (Å²) in [7, 11) is 0. The smallest absolute Gasteiger partial charge is 0.256 e. The first-order valence-electron chi connectivity index (χ1n) is 8.66. The van der Waals surface area contributed by atoms with Gasteiger partial charge in [0.25, 0.3) is 5.91 Å². The summed E-state index contributed by atoms with van der Waals surface area (Å²) in [6.07, 6.45) is 3.94. The molecule has 0 spiro atoms. The number of aryl methyl sites for hydroxylation is 1. The van der Waals surface area contributed by atoms with Crippen molar-refractivity contribution in [2.75, 3.05) is 13.1 Å². The van der Waals surface area contributed by atoms with Crippen LogP contribution in [0.3, 0.4) is 0 Å². The monoisotopic (exact) mass is 358 g/mol. The molecule has 1 saturated heterocycles. The Morgan fingerprint density at radius 2 is 2.32 bits per heavy atom. The number of fused-ring (bicyclic) bond motifs is 1. The number of nitrogens with two attached hydrogens (primary N) is 1. The molecule has 1 aliphatic heterocycles.